The summed E-state index contributed by atoms with van der Waals surface area (Å²) in [6.45, 7) is 1.48. The normalized spacial score (nSPS) is 17.9. The van der Waals surface area contributed by atoms with E-state index in [4.69, 9.17) is 10.5 Å². The summed E-state index contributed by atoms with van der Waals surface area (Å²) in [6.07, 6.45) is 6.51. The molecule has 1 aliphatic rings. The van der Waals surface area contributed by atoms with Crippen LogP contribution in [-0.4, -0.2) is 44.0 Å². The number of aromatic nitrogens is 2. The second kappa shape index (κ2) is 6.21. The van der Waals surface area contributed by atoms with E-state index in [0.29, 0.717) is 19.6 Å². The van der Waals surface area contributed by atoms with Crippen molar-refractivity contribution in [2.45, 2.75) is 42.7 Å². The standard InChI is InChI=1S/C12H22N4O3S/c1-19-12(4-2-5-12)10-15-20(17,18)11-8-14-16(9-11)7-3-6-13/h8-9,15H,2-7,10,13H2,1H3. The van der Waals surface area contributed by atoms with E-state index in [-0.39, 0.29) is 10.5 Å². The Labute approximate surface area is 119 Å². The van der Waals surface area contributed by atoms with Gasteiger partial charge >= 0.3 is 0 Å². The van der Waals surface area contributed by atoms with Crippen LogP contribution in [0.3, 0.4) is 0 Å². The molecule has 0 radical (unpaired) electrons. The molecule has 1 aromatic rings. The van der Waals surface area contributed by atoms with Crippen LogP contribution in [0.15, 0.2) is 17.3 Å². The van der Waals surface area contributed by atoms with Crippen LogP contribution >= 0.6 is 0 Å². The minimum atomic E-state index is -3.53. The molecular formula is C12H22N4O3S. The topological polar surface area (TPSA) is 99.2 Å². The Morgan fingerprint density at radius 2 is 2.30 bits per heavy atom. The van der Waals surface area contributed by atoms with Gasteiger partial charge in [-0.15, -0.1) is 0 Å². The SMILES string of the molecule is COC1(CNS(=O)(=O)c2cnn(CCCN)c2)CCC1. The fraction of sp³-hybridized carbons (Fsp3) is 0.750. The fourth-order valence-corrected chi connectivity index (χ4v) is 3.26. The maximum Gasteiger partial charge on any atom is 0.243 e. The number of aryl methyl sites for hydroxylation is 1. The monoisotopic (exact) mass is 302 g/mol. The zero-order valence-electron chi connectivity index (χ0n) is 11.7. The molecule has 1 aromatic heterocycles. The van der Waals surface area contributed by atoms with Gasteiger partial charge in [0.1, 0.15) is 4.90 Å². The number of sulfonamides is 1. The Kier molecular flexibility index (Phi) is 4.79. The Morgan fingerprint density at radius 3 is 2.85 bits per heavy atom. The summed E-state index contributed by atoms with van der Waals surface area (Å²) in [5, 5.41) is 4.03. The van der Waals surface area contributed by atoms with E-state index in [1.807, 2.05) is 0 Å². The maximum absolute atomic E-state index is 12.2. The summed E-state index contributed by atoms with van der Waals surface area (Å²) in [6, 6.07) is 0. The predicted octanol–water partition coefficient (Wildman–Crippen LogP) is 0.0793. The van der Waals surface area contributed by atoms with E-state index in [9.17, 15) is 8.42 Å². The van der Waals surface area contributed by atoms with E-state index in [2.05, 4.69) is 9.82 Å². The van der Waals surface area contributed by atoms with Gasteiger partial charge in [0.25, 0.3) is 0 Å². The van der Waals surface area contributed by atoms with Gasteiger partial charge in [-0.3, -0.25) is 4.68 Å². The van der Waals surface area contributed by atoms with E-state index in [1.54, 1.807) is 11.8 Å². The third-order valence-corrected chi connectivity index (χ3v) is 5.15. The van der Waals surface area contributed by atoms with Crippen LogP contribution in [0.1, 0.15) is 25.7 Å². The van der Waals surface area contributed by atoms with E-state index in [1.165, 1.54) is 12.4 Å². The van der Waals surface area contributed by atoms with Gasteiger partial charge in [-0.2, -0.15) is 5.10 Å². The van der Waals surface area contributed by atoms with Gasteiger partial charge in [0.15, 0.2) is 0 Å². The molecule has 0 aliphatic heterocycles. The van der Waals surface area contributed by atoms with Crippen molar-refractivity contribution in [3.05, 3.63) is 12.4 Å². The molecule has 114 valence electrons. The molecule has 0 aromatic carbocycles. The van der Waals surface area contributed by atoms with Crippen molar-refractivity contribution in [3.63, 3.8) is 0 Å². The van der Waals surface area contributed by atoms with Crippen molar-refractivity contribution in [2.75, 3.05) is 20.2 Å². The van der Waals surface area contributed by atoms with Gasteiger partial charge in [0, 0.05) is 26.4 Å². The largest absolute Gasteiger partial charge is 0.377 e. The first-order valence-corrected chi connectivity index (χ1v) is 8.27. The highest BCUT2D eigenvalue weighted by Crippen LogP contribution is 2.34. The summed E-state index contributed by atoms with van der Waals surface area (Å²) >= 11 is 0. The van der Waals surface area contributed by atoms with Crippen LogP contribution in [0.5, 0.6) is 0 Å². The average molecular weight is 302 g/mol. The molecular weight excluding hydrogens is 280 g/mol. The molecule has 1 fully saturated rings. The van der Waals surface area contributed by atoms with E-state index < -0.39 is 10.0 Å². The van der Waals surface area contributed by atoms with E-state index >= 15 is 0 Å². The lowest BCUT2D eigenvalue weighted by molar-refractivity contribution is -0.0659. The smallest absolute Gasteiger partial charge is 0.243 e. The molecule has 0 bridgehead atoms. The Hall–Kier alpha value is -0.960. The molecule has 1 aliphatic carbocycles. The van der Waals surface area contributed by atoms with Crippen LogP contribution in [0.4, 0.5) is 0 Å². The van der Waals surface area contributed by atoms with Gasteiger partial charge < -0.3 is 10.5 Å². The second-order valence-electron chi connectivity index (χ2n) is 5.15. The number of nitrogens with one attached hydrogen (secondary N) is 1. The van der Waals surface area contributed by atoms with Crippen LogP contribution in [0.2, 0.25) is 0 Å². The number of methoxy groups -OCH3 is 1. The van der Waals surface area contributed by atoms with Gasteiger partial charge in [-0.05, 0) is 32.2 Å². The molecule has 0 unspecified atom stereocenters. The number of hydrogen-bond acceptors (Lipinski definition) is 5. The third kappa shape index (κ3) is 3.38. The summed E-state index contributed by atoms with van der Waals surface area (Å²) in [7, 11) is -1.91. The highest BCUT2D eigenvalue weighted by molar-refractivity contribution is 7.89. The van der Waals surface area contributed by atoms with Gasteiger partial charge in [0.05, 0.1) is 11.8 Å². The van der Waals surface area contributed by atoms with E-state index in [0.717, 1.165) is 25.7 Å². The zero-order valence-corrected chi connectivity index (χ0v) is 12.5. The van der Waals surface area contributed by atoms with Crippen molar-refractivity contribution in [3.8, 4) is 0 Å². The highest BCUT2D eigenvalue weighted by Gasteiger charge is 2.38. The van der Waals surface area contributed by atoms with Crippen molar-refractivity contribution in [1.29, 1.82) is 0 Å². The minimum Gasteiger partial charge on any atom is -0.377 e. The molecule has 1 heterocycles. The fourth-order valence-electron chi connectivity index (χ4n) is 2.19. The summed E-state index contributed by atoms with van der Waals surface area (Å²) in [5.41, 5.74) is 5.09. The third-order valence-electron chi connectivity index (χ3n) is 3.79. The Balaban J connectivity index is 1.97. The summed E-state index contributed by atoms with van der Waals surface area (Å²) in [5.74, 6) is 0. The second-order valence-corrected chi connectivity index (χ2v) is 6.91. The summed E-state index contributed by atoms with van der Waals surface area (Å²) < 4.78 is 34.0. The van der Waals surface area contributed by atoms with Crippen molar-refractivity contribution in [2.24, 2.45) is 5.73 Å². The lowest BCUT2D eigenvalue weighted by Gasteiger charge is -2.40. The van der Waals surface area contributed by atoms with Crippen LogP contribution in [0.25, 0.3) is 0 Å². The molecule has 20 heavy (non-hydrogen) atoms. The summed E-state index contributed by atoms with van der Waals surface area (Å²) in [4.78, 5) is 0.181. The van der Waals surface area contributed by atoms with Crippen LogP contribution < -0.4 is 10.5 Å². The van der Waals surface area contributed by atoms with Gasteiger partial charge in [-0.1, -0.05) is 0 Å². The highest BCUT2D eigenvalue weighted by atomic mass is 32.2. The van der Waals surface area contributed by atoms with Crippen molar-refractivity contribution >= 4 is 10.0 Å². The van der Waals surface area contributed by atoms with Crippen LogP contribution in [0, 0.1) is 0 Å². The molecule has 3 N–H and O–H groups in total. The van der Waals surface area contributed by atoms with Crippen molar-refractivity contribution in [1.82, 2.24) is 14.5 Å². The van der Waals surface area contributed by atoms with Gasteiger partial charge in [0.2, 0.25) is 10.0 Å². The Bertz CT molecular complexity index is 531. The average Bonchev–Trinajstić information content (AvgIpc) is 2.85. The minimum absolute atomic E-state index is 0.181. The first-order chi connectivity index (χ1) is 9.51. The number of ether oxygens (including phenoxy) is 1. The lowest BCUT2D eigenvalue weighted by atomic mass is 9.80. The Morgan fingerprint density at radius 1 is 1.55 bits per heavy atom. The molecule has 2 rings (SSSR count). The van der Waals surface area contributed by atoms with Crippen LogP contribution in [-0.2, 0) is 21.3 Å². The quantitative estimate of drug-likeness (QED) is 0.708. The molecule has 0 amide bonds. The molecule has 8 heteroatoms. The number of hydrogen-bond donors (Lipinski definition) is 2. The molecule has 7 nitrogen and oxygen atoms in total. The zero-order chi connectivity index (χ0) is 14.6. The molecule has 1 saturated carbocycles. The predicted molar refractivity (Wildman–Crippen MR) is 74.7 cm³/mol. The maximum atomic E-state index is 12.2. The molecule has 0 spiro atoms. The number of nitrogens with two attached hydrogens (primary N) is 1. The number of nitrogens with zero attached hydrogens (tertiary/aromatic N) is 2. The lowest BCUT2D eigenvalue weighted by Crippen LogP contribution is -2.49. The number of rotatable bonds is 8. The molecule has 0 atom stereocenters. The first-order valence-electron chi connectivity index (χ1n) is 6.79. The molecule has 0 saturated heterocycles. The van der Waals surface area contributed by atoms with Crippen molar-refractivity contribution < 1.29 is 13.2 Å². The first kappa shape index (κ1) is 15.4. The van der Waals surface area contributed by atoms with Gasteiger partial charge in [-0.25, -0.2) is 13.1 Å².